The van der Waals surface area contributed by atoms with Gasteiger partial charge in [0.05, 0.1) is 0 Å². The van der Waals surface area contributed by atoms with E-state index in [4.69, 9.17) is 15.3 Å². The van der Waals surface area contributed by atoms with Gasteiger partial charge < -0.3 is 15.3 Å². The van der Waals surface area contributed by atoms with Crippen LogP contribution in [0, 0.1) is 6.07 Å². The zero-order valence-electron chi connectivity index (χ0n) is 16.7. The van der Waals surface area contributed by atoms with Gasteiger partial charge in [0.1, 0.15) is 0 Å². The van der Waals surface area contributed by atoms with E-state index in [1.54, 1.807) is 0 Å². The number of aliphatic hydroxyl groups excluding tert-OH is 3. The van der Waals surface area contributed by atoms with Crippen molar-refractivity contribution in [2.45, 2.75) is 59.3 Å². The Kier molecular flexibility index (Phi) is 30.6. The van der Waals surface area contributed by atoms with Gasteiger partial charge in [-0.3, -0.25) is 0 Å². The van der Waals surface area contributed by atoms with Gasteiger partial charge in [-0.2, -0.15) is 0 Å². The van der Waals surface area contributed by atoms with E-state index in [0.717, 1.165) is 38.5 Å². The Bertz CT molecular complexity index is 392. The van der Waals surface area contributed by atoms with Gasteiger partial charge >= 0.3 is 0 Å². The van der Waals surface area contributed by atoms with Crippen molar-refractivity contribution in [3.63, 3.8) is 0 Å². The summed E-state index contributed by atoms with van der Waals surface area (Å²) in [5.41, 5.74) is 0. The van der Waals surface area contributed by atoms with Crippen LogP contribution in [-0.2, 0) is 21.7 Å². The maximum Gasteiger partial charge on any atom is 0.0430 e. The fourth-order valence-corrected chi connectivity index (χ4v) is 1.54. The summed E-state index contributed by atoms with van der Waals surface area (Å²) in [6, 6.07) is 17.4. The van der Waals surface area contributed by atoms with E-state index in [9.17, 15) is 0 Å². The molecule has 0 aliphatic heterocycles. The summed E-state index contributed by atoms with van der Waals surface area (Å²) in [5, 5.41) is 26.6. The van der Waals surface area contributed by atoms with Gasteiger partial charge in [0.25, 0.3) is 0 Å². The van der Waals surface area contributed by atoms with Crippen LogP contribution in [0.4, 0.5) is 0 Å². The van der Waals surface area contributed by atoms with Crippen LogP contribution in [0.25, 0.3) is 10.8 Å². The van der Waals surface area contributed by atoms with Crippen LogP contribution in [-0.4, -0.2) is 35.1 Å². The molecule has 0 unspecified atom stereocenters. The second-order valence-electron chi connectivity index (χ2n) is 5.49. The number of rotatable bonds is 6. The Morgan fingerprint density at radius 1 is 0.692 bits per heavy atom. The molecule has 4 heteroatoms. The van der Waals surface area contributed by atoms with Crippen LogP contribution in [0.5, 0.6) is 0 Å². The maximum absolute atomic E-state index is 8.07. The zero-order valence-corrected chi connectivity index (χ0v) is 18.3. The molecule has 3 N–H and O–H groups in total. The van der Waals surface area contributed by atoms with E-state index in [-0.39, 0.29) is 21.7 Å². The molecule has 0 heterocycles. The first-order chi connectivity index (χ1) is 12.2. The molecule has 0 bridgehead atoms. The molecule has 0 atom stereocenters. The van der Waals surface area contributed by atoms with Crippen LogP contribution in [0.1, 0.15) is 59.3 Å². The fourth-order valence-electron chi connectivity index (χ4n) is 1.54. The molecule has 2 aromatic carbocycles. The summed E-state index contributed by atoms with van der Waals surface area (Å²) in [4.78, 5) is 0. The average molecular weight is 397 g/mol. The molecule has 0 radical (unpaired) electrons. The van der Waals surface area contributed by atoms with Gasteiger partial charge in [0.15, 0.2) is 0 Å². The van der Waals surface area contributed by atoms with Crippen molar-refractivity contribution in [3.8, 4) is 0 Å². The first-order valence-electron chi connectivity index (χ1n) is 9.39. The van der Waals surface area contributed by atoms with E-state index < -0.39 is 0 Å². The molecular weight excluding hydrogens is 360 g/mol. The predicted octanol–water partition coefficient (Wildman–Crippen LogP) is 4.97. The van der Waals surface area contributed by atoms with Crippen molar-refractivity contribution in [1.29, 1.82) is 0 Å². The largest absolute Gasteiger partial charge is 0.396 e. The summed E-state index contributed by atoms with van der Waals surface area (Å²) < 4.78 is 0. The quantitative estimate of drug-likeness (QED) is 0.476. The molecule has 3 nitrogen and oxygen atoms in total. The van der Waals surface area contributed by atoms with Crippen molar-refractivity contribution < 1.29 is 37.0 Å². The number of hydrogen-bond donors (Lipinski definition) is 3. The van der Waals surface area contributed by atoms with Crippen LogP contribution in [0.3, 0.4) is 0 Å². The smallest absolute Gasteiger partial charge is 0.0430 e. The van der Waals surface area contributed by atoms with Crippen molar-refractivity contribution >= 4 is 10.8 Å². The molecule has 0 amide bonds. The standard InChI is InChI=1S/C10H7.3C4H10O.Ti/c1-2-6-10-8-4-3-7-9(10)5-1;3*1-2-3-4-5;/h1-7H;3*5H,2-4H2,1H3;/q-1;;;;. The summed E-state index contributed by atoms with van der Waals surface area (Å²) >= 11 is 0. The zero-order chi connectivity index (χ0) is 19.2. The molecular formula is C22H37O3Ti-. The first kappa shape index (κ1) is 30.0. The van der Waals surface area contributed by atoms with Crippen molar-refractivity contribution in [3.05, 3.63) is 48.5 Å². The third-order valence-electron chi connectivity index (χ3n) is 3.11. The Hall–Kier alpha value is -0.706. The summed E-state index contributed by atoms with van der Waals surface area (Å²) in [5.74, 6) is 0. The predicted molar refractivity (Wildman–Crippen MR) is 109 cm³/mol. The summed E-state index contributed by atoms with van der Waals surface area (Å²) in [6.07, 6.45) is 6.11. The van der Waals surface area contributed by atoms with E-state index in [1.165, 1.54) is 10.8 Å². The molecule has 0 aliphatic carbocycles. The van der Waals surface area contributed by atoms with E-state index >= 15 is 0 Å². The van der Waals surface area contributed by atoms with Gasteiger partial charge in [-0.05, 0) is 19.3 Å². The van der Waals surface area contributed by atoms with Crippen molar-refractivity contribution in [2.75, 3.05) is 19.8 Å². The topological polar surface area (TPSA) is 60.7 Å². The number of aliphatic hydroxyl groups is 3. The third-order valence-corrected chi connectivity index (χ3v) is 3.11. The van der Waals surface area contributed by atoms with Crippen molar-refractivity contribution in [1.82, 2.24) is 0 Å². The van der Waals surface area contributed by atoms with Gasteiger partial charge in [0.2, 0.25) is 0 Å². The minimum Gasteiger partial charge on any atom is -0.396 e. The van der Waals surface area contributed by atoms with Gasteiger partial charge in [-0.25, -0.2) is 0 Å². The Morgan fingerprint density at radius 3 is 1.46 bits per heavy atom. The van der Waals surface area contributed by atoms with Gasteiger partial charge in [0, 0.05) is 41.5 Å². The summed E-state index contributed by atoms with van der Waals surface area (Å²) in [7, 11) is 0. The number of hydrogen-bond acceptors (Lipinski definition) is 3. The first-order valence-corrected chi connectivity index (χ1v) is 9.39. The molecule has 148 valence electrons. The van der Waals surface area contributed by atoms with Crippen LogP contribution in [0.15, 0.2) is 42.5 Å². The summed E-state index contributed by atoms with van der Waals surface area (Å²) in [6.45, 7) is 7.19. The number of benzene rings is 2. The Balaban J connectivity index is -0.000000290. The Morgan fingerprint density at radius 2 is 1.12 bits per heavy atom. The SMILES string of the molecule is CCCCO.CCCCO.CCCCO.[Ti].[c-]1cccc2ccccc12. The number of unbranched alkanes of at least 4 members (excludes halogenated alkanes) is 3. The van der Waals surface area contributed by atoms with Crippen LogP contribution in [0.2, 0.25) is 0 Å². The molecule has 26 heavy (non-hydrogen) atoms. The number of fused-ring (bicyclic) bond motifs is 1. The van der Waals surface area contributed by atoms with Gasteiger partial charge in [-0.1, -0.05) is 52.2 Å². The molecule has 0 spiro atoms. The molecule has 0 fully saturated rings. The Labute approximate surface area is 175 Å². The van der Waals surface area contributed by atoms with E-state index in [1.807, 2.05) is 24.3 Å². The minimum atomic E-state index is 0. The fraction of sp³-hybridized carbons (Fsp3) is 0.545. The van der Waals surface area contributed by atoms with E-state index in [2.05, 4.69) is 45.0 Å². The van der Waals surface area contributed by atoms with Gasteiger partial charge in [-0.15, -0.1) is 47.2 Å². The second-order valence-corrected chi connectivity index (χ2v) is 5.49. The molecule has 2 rings (SSSR count). The molecule has 0 saturated heterocycles. The molecule has 2 aromatic rings. The van der Waals surface area contributed by atoms with Crippen molar-refractivity contribution in [2.24, 2.45) is 0 Å². The molecule has 0 aromatic heterocycles. The molecule has 0 saturated carbocycles. The normalized spacial score (nSPS) is 8.69. The van der Waals surface area contributed by atoms with E-state index in [0.29, 0.717) is 19.8 Å². The van der Waals surface area contributed by atoms with Crippen LogP contribution < -0.4 is 0 Å². The maximum atomic E-state index is 8.07. The average Bonchev–Trinajstić information content (AvgIpc) is 2.65. The molecule has 0 aliphatic rings. The third kappa shape index (κ3) is 21.3. The monoisotopic (exact) mass is 397 g/mol. The minimum absolute atomic E-state index is 0. The van der Waals surface area contributed by atoms with Crippen LogP contribution >= 0.6 is 0 Å². The second kappa shape index (κ2) is 26.5.